The van der Waals surface area contributed by atoms with Gasteiger partial charge < -0.3 is 20.1 Å². The molecule has 0 aliphatic heterocycles. The molecular formula is C23H25FN8O3. The lowest BCUT2D eigenvalue weighted by atomic mass is 9.50. The minimum absolute atomic E-state index is 0.0995. The highest BCUT2D eigenvalue weighted by Gasteiger charge is 2.58. The van der Waals surface area contributed by atoms with Crippen LogP contribution >= 0.6 is 0 Å². The van der Waals surface area contributed by atoms with Crippen molar-refractivity contribution >= 4 is 23.2 Å². The molecule has 4 saturated carbocycles. The zero-order chi connectivity index (χ0) is 24.2. The van der Waals surface area contributed by atoms with Crippen molar-refractivity contribution in [1.82, 2.24) is 30.1 Å². The van der Waals surface area contributed by atoms with E-state index >= 15 is 4.39 Å². The van der Waals surface area contributed by atoms with E-state index in [1.54, 1.807) is 17.7 Å². The summed E-state index contributed by atoms with van der Waals surface area (Å²) in [4.78, 5) is 16.6. The Hall–Kier alpha value is -3.72. The Kier molecular flexibility index (Phi) is 5.10. The maximum Gasteiger partial charge on any atom is 0.407 e. The van der Waals surface area contributed by atoms with Crippen molar-refractivity contribution in [2.24, 2.45) is 5.92 Å². The van der Waals surface area contributed by atoms with Crippen LogP contribution in [-0.4, -0.2) is 55.8 Å². The Morgan fingerprint density at radius 2 is 2.20 bits per heavy atom. The molecule has 0 aromatic carbocycles. The summed E-state index contributed by atoms with van der Waals surface area (Å²) in [5.41, 5.74) is 2.02. The molecule has 7 rings (SSSR count). The Labute approximate surface area is 200 Å². The normalized spacial score (nSPS) is 28.7. The van der Waals surface area contributed by atoms with E-state index < -0.39 is 24.3 Å². The first-order chi connectivity index (χ1) is 16.9. The summed E-state index contributed by atoms with van der Waals surface area (Å²) in [7, 11) is 1.58. The number of nitrogens with zero attached hydrogens (tertiary/aromatic N) is 5. The third-order valence-corrected chi connectivity index (χ3v) is 7.32. The highest BCUT2D eigenvalue weighted by molar-refractivity contribution is 5.73. The number of nitrogens with one attached hydrogen (secondary N) is 3. The molecular weight excluding hydrogens is 455 g/mol. The van der Waals surface area contributed by atoms with Gasteiger partial charge in [0.25, 0.3) is 0 Å². The topological polar surface area (TPSA) is 142 Å². The third-order valence-electron chi connectivity index (χ3n) is 7.32. The predicted molar refractivity (Wildman–Crippen MR) is 121 cm³/mol. The number of nitriles is 1. The molecule has 35 heavy (non-hydrogen) atoms. The fourth-order valence-electron chi connectivity index (χ4n) is 5.51. The van der Waals surface area contributed by atoms with Crippen LogP contribution in [0.2, 0.25) is 0 Å². The molecule has 3 atom stereocenters. The van der Waals surface area contributed by atoms with E-state index in [1.165, 1.54) is 6.20 Å². The lowest BCUT2D eigenvalue weighted by Gasteiger charge is -2.61. The molecule has 3 heterocycles. The molecule has 3 aromatic rings. The van der Waals surface area contributed by atoms with Crippen molar-refractivity contribution in [3.05, 3.63) is 35.4 Å². The van der Waals surface area contributed by atoms with E-state index in [0.717, 1.165) is 25.2 Å². The zero-order valence-corrected chi connectivity index (χ0v) is 19.1. The molecule has 12 heteroatoms. The van der Waals surface area contributed by atoms with Gasteiger partial charge in [0.15, 0.2) is 17.3 Å². The number of alkyl carbamates (subject to hydrolysis) is 1. The van der Waals surface area contributed by atoms with Crippen molar-refractivity contribution < 1.29 is 18.7 Å². The molecule has 3 aromatic heterocycles. The number of ether oxygens (including phenoxy) is 2. The first kappa shape index (κ1) is 21.8. The summed E-state index contributed by atoms with van der Waals surface area (Å²) in [6, 6.07) is 5.54. The molecule has 1 amide bonds. The van der Waals surface area contributed by atoms with Gasteiger partial charge in [0.05, 0.1) is 18.5 Å². The molecule has 11 nitrogen and oxygen atoms in total. The second kappa shape index (κ2) is 8.20. The molecule has 182 valence electrons. The number of amides is 1. The molecule has 4 fully saturated rings. The molecule has 4 aliphatic rings. The van der Waals surface area contributed by atoms with Crippen LogP contribution in [0.5, 0.6) is 0 Å². The van der Waals surface area contributed by atoms with Crippen molar-refractivity contribution in [1.29, 1.82) is 5.26 Å². The highest BCUT2D eigenvalue weighted by Crippen LogP contribution is 2.57. The number of hydrogen-bond acceptors (Lipinski definition) is 8. The quantitative estimate of drug-likeness (QED) is 0.468. The van der Waals surface area contributed by atoms with Crippen LogP contribution in [0.4, 0.5) is 20.8 Å². The molecule has 3 N–H and O–H groups in total. The number of rotatable bonds is 7. The number of anilines is 2. The van der Waals surface area contributed by atoms with Gasteiger partial charge in [-0.1, -0.05) is 0 Å². The average molecular weight is 481 g/mol. The van der Waals surface area contributed by atoms with Gasteiger partial charge in [0.2, 0.25) is 0 Å². The lowest BCUT2D eigenvalue weighted by Crippen LogP contribution is -2.68. The number of H-pyrrole nitrogens is 1. The maximum atomic E-state index is 15.2. The van der Waals surface area contributed by atoms with Gasteiger partial charge in [-0.25, -0.2) is 18.7 Å². The number of aromatic amines is 1. The van der Waals surface area contributed by atoms with Crippen LogP contribution < -0.4 is 10.6 Å². The first-order valence-corrected chi connectivity index (χ1v) is 11.7. The van der Waals surface area contributed by atoms with Crippen LogP contribution in [-0.2, 0) is 16.1 Å². The summed E-state index contributed by atoms with van der Waals surface area (Å²) in [6.07, 6.45) is 2.88. The van der Waals surface area contributed by atoms with Crippen molar-refractivity contribution in [3.8, 4) is 6.07 Å². The van der Waals surface area contributed by atoms with Gasteiger partial charge >= 0.3 is 6.09 Å². The Bertz CT molecular complexity index is 1310. The standard InChI is InChI=1S/C23H25FN8O3/c1-34-11-13-4-17-21(26-14(9-25)10-32(17)31-13)27-19-5-16(29-30-19)15-2-3-18(20(15)24)35-22(33)28-23-6-12(7-23)8-23/h4-5,10,12,15,18,20H,2-3,6-8,11H2,1H3,(H,28,33)(H2,26,27,29,30)/t12?,15-,18-,20-,23?/m0/s1. The van der Waals surface area contributed by atoms with Crippen LogP contribution in [0.3, 0.4) is 0 Å². The summed E-state index contributed by atoms with van der Waals surface area (Å²) < 4.78 is 27.3. The van der Waals surface area contributed by atoms with Gasteiger partial charge in [0, 0.05) is 30.3 Å². The van der Waals surface area contributed by atoms with Gasteiger partial charge in [-0.3, -0.25) is 5.10 Å². The molecule has 0 spiro atoms. The van der Waals surface area contributed by atoms with Crippen LogP contribution in [0.1, 0.15) is 55.1 Å². The highest BCUT2D eigenvalue weighted by atomic mass is 19.1. The Morgan fingerprint density at radius 1 is 1.37 bits per heavy atom. The van der Waals surface area contributed by atoms with Crippen molar-refractivity contribution in [2.45, 2.75) is 62.4 Å². The zero-order valence-electron chi connectivity index (χ0n) is 19.1. The number of carbonyl (C=O) groups excluding carboxylic acids is 1. The summed E-state index contributed by atoms with van der Waals surface area (Å²) in [5.74, 6) is 1.09. The van der Waals surface area contributed by atoms with Crippen LogP contribution in [0.25, 0.3) is 5.52 Å². The predicted octanol–water partition coefficient (Wildman–Crippen LogP) is 3.08. The monoisotopic (exact) mass is 480 g/mol. The molecule has 0 unspecified atom stereocenters. The van der Waals surface area contributed by atoms with Crippen LogP contribution in [0, 0.1) is 17.2 Å². The summed E-state index contributed by atoms with van der Waals surface area (Å²) in [6.45, 7) is 0.317. The number of aromatic nitrogens is 5. The molecule has 2 bridgehead atoms. The van der Waals surface area contributed by atoms with Gasteiger partial charge in [-0.2, -0.15) is 15.5 Å². The van der Waals surface area contributed by atoms with Gasteiger partial charge in [0.1, 0.15) is 23.9 Å². The van der Waals surface area contributed by atoms with Crippen LogP contribution in [0.15, 0.2) is 18.3 Å². The number of carbonyl (C=O) groups is 1. The van der Waals surface area contributed by atoms with E-state index in [1.807, 2.05) is 12.1 Å². The second-order valence-corrected chi connectivity index (χ2v) is 9.77. The number of halogens is 1. The first-order valence-electron chi connectivity index (χ1n) is 11.7. The Morgan fingerprint density at radius 3 is 2.91 bits per heavy atom. The van der Waals surface area contributed by atoms with E-state index in [2.05, 4.69) is 30.9 Å². The minimum atomic E-state index is -1.33. The van der Waals surface area contributed by atoms with E-state index in [9.17, 15) is 10.1 Å². The summed E-state index contributed by atoms with van der Waals surface area (Å²) in [5, 5.41) is 26.9. The maximum absolute atomic E-state index is 15.2. The lowest BCUT2D eigenvalue weighted by molar-refractivity contribution is -0.0532. The van der Waals surface area contributed by atoms with Gasteiger partial charge in [-0.05, 0) is 44.1 Å². The summed E-state index contributed by atoms with van der Waals surface area (Å²) >= 11 is 0. The minimum Gasteiger partial charge on any atom is -0.443 e. The SMILES string of the molecule is COCc1cc2c(Nc3cc([C@@H]4CC[C@H](OC(=O)NC56CC(C5)C6)[C@H]4F)[nH]n3)nc(C#N)cn2n1. The van der Waals surface area contributed by atoms with E-state index in [4.69, 9.17) is 9.47 Å². The fraction of sp³-hybridized carbons (Fsp3) is 0.522. The van der Waals surface area contributed by atoms with Crippen molar-refractivity contribution in [2.75, 3.05) is 12.4 Å². The smallest absolute Gasteiger partial charge is 0.407 e. The number of alkyl halides is 1. The molecule has 4 aliphatic carbocycles. The van der Waals surface area contributed by atoms with Gasteiger partial charge in [-0.15, -0.1) is 0 Å². The Balaban J connectivity index is 1.14. The number of fused-ring (bicyclic) bond motifs is 1. The largest absolute Gasteiger partial charge is 0.443 e. The third kappa shape index (κ3) is 3.85. The van der Waals surface area contributed by atoms with E-state index in [-0.39, 0.29) is 11.2 Å². The number of methoxy groups -OCH3 is 1. The van der Waals surface area contributed by atoms with E-state index in [0.29, 0.717) is 48.0 Å². The molecule has 0 radical (unpaired) electrons. The number of hydrogen-bond donors (Lipinski definition) is 3. The average Bonchev–Trinajstić information content (AvgIpc) is 3.49. The molecule has 0 saturated heterocycles. The second-order valence-electron chi connectivity index (χ2n) is 9.77. The fourth-order valence-corrected chi connectivity index (χ4v) is 5.51. The van der Waals surface area contributed by atoms with Crippen molar-refractivity contribution in [3.63, 3.8) is 0 Å².